The van der Waals surface area contributed by atoms with Crippen molar-refractivity contribution in [3.8, 4) is 23.2 Å². The first kappa shape index (κ1) is 24.2. The normalized spacial score (nSPS) is 14.7. The van der Waals surface area contributed by atoms with Crippen molar-refractivity contribution < 1.29 is 23.8 Å². The molecule has 1 amide bonds. The van der Waals surface area contributed by atoms with Gasteiger partial charge in [0.15, 0.2) is 11.5 Å². The van der Waals surface area contributed by atoms with E-state index in [9.17, 15) is 14.0 Å². The van der Waals surface area contributed by atoms with Crippen LogP contribution in [0.1, 0.15) is 56.7 Å². The third kappa shape index (κ3) is 6.51. The van der Waals surface area contributed by atoms with Gasteiger partial charge >= 0.3 is 12.1 Å². The Bertz CT molecular complexity index is 1080. The van der Waals surface area contributed by atoms with Crippen molar-refractivity contribution >= 4 is 17.9 Å². The fraction of sp³-hybridized carbons (Fsp3) is 0.522. The van der Waals surface area contributed by atoms with Crippen molar-refractivity contribution in [2.24, 2.45) is 12.5 Å². The Kier molecular flexibility index (Phi) is 7.63. The highest BCUT2D eigenvalue weighted by Crippen LogP contribution is 2.48. The first-order chi connectivity index (χ1) is 15.7. The molecular weight excluding hydrogens is 429 g/mol. The van der Waals surface area contributed by atoms with Gasteiger partial charge in [0.1, 0.15) is 6.10 Å². The number of aromatic nitrogens is 4. The molecule has 0 aromatic carbocycles. The SMILES string of the molecule is Cc1nc(-c2nnn(C)c2NC(=O)OC(C)CCCCF)ccc1C#CC1(CC(=O)O)CC1. The molecular formula is C23H28FN5O4. The number of rotatable bonds is 9. The van der Waals surface area contributed by atoms with Crippen molar-refractivity contribution in [3.05, 3.63) is 23.4 Å². The summed E-state index contributed by atoms with van der Waals surface area (Å²) in [7, 11) is 1.64. The number of carbonyl (C=O) groups excluding carboxylic acids is 1. The van der Waals surface area contributed by atoms with Crippen LogP contribution in [0.3, 0.4) is 0 Å². The van der Waals surface area contributed by atoms with Gasteiger partial charge in [0, 0.05) is 18.0 Å². The summed E-state index contributed by atoms with van der Waals surface area (Å²) >= 11 is 0. The Labute approximate surface area is 191 Å². The number of alkyl halides is 1. The van der Waals surface area contributed by atoms with Crippen LogP contribution in [0, 0.1) is 24.2 Å². The first-order valence-electron chi connectivity index (χ1n) is 10.9. The summed E-state index contributed by atoms with van der Waals surface area (Å²) in [5.74, 6) is 5.65. The Balaban J connectivity index is 1.71. The molecule has 2 aromatic rings. The second kappa shape index (κ2) is 10.4. The number of carbonyl (C=O) groups is 2. The van der Waals surface area contributed by atoms with Crippen molar-refractivity contribution in [1.82, 2.24) is 20.0 Å². The predicted octanol–water partition coefficient (Wildman–Crippen LogP) is 3.87. The van der Waals surface area contributed by atoms with Crippen LogP contribution in [0.5, 0.6) is 0 Å². The largest absolute Gasteiger partial charge is 0.481 e. The standard InChI is InChI=1S/C23H28FN5O4/c1-15(6-4-5-13-24)33-22(32)26-21-20(27-28-29(21)3)18-8-7-17(16(2)25-18)9-10-23(11-12-23)14-19(30)31/h7-8,15H,4-6,11-14H2,1-3H3,(H,26,32)(H,30,31). The minimum absolute atomic E-state index is 0.0454. The second-order valence-corrected chi connectivity index (χ2v) is 8.37. The van der Waals surface area contributed by atoms with Crippen LogP contribution in [0.4, 0.5) is 15.0 Å². The Morgan fingerprint density at radius 2 is 2.12 bits per heavy atom. The highest BCUT2D eigenvalue weighted by Gasteiger charge is 2.43. The third-order valence-corrected chi connectivity index (χ3v) is 5.48. The highest BCUT2D eigenvalue weighted by atomic mass is 19.1. The maximum Gasteiger partial charge on any atom is 0.413 e. The molecule has 2 N–H and O–H groups in total. The van der Waals surface area contributed by atoms with Gasteiger partial charge in [0.2, 0.25) is 0 Å². The molecule has 1 aliphatic rings. The topological polar surface area (TPSA) is 119 Å². The van der Waals surface area contributed by atoms with E-state index in [4.69, 9.17) is 9.84 Å². The fourth-order valence-electron chi connectivity index (χ4n) is 3.38. The maximum atomic E-state index is 12.3. The lowest BCUT2D eigenvalue weighted by Crippen LogP contribution is -2.22. The number of hydrogen-bond acceptors (Lipinski definition) is 6. The lowest BCUT2D eigenvalue weighted by molar-refractivity contribution is -0.137. The maximum absolute atomic E-state index is 12.3. The van der Waals surface area contributed by atoms with Gasteiger partial charge in [-0.1, -0.05) is 17.1 Å². The molecule has 1 atom stereocenters. The zero-order chi connectivity index (χ0) is 24.0. The number of ether oxygens (including phenoxy) is 1. The van der Waals surface area contributed by atoms with Crippen LogP contribution in [-0.4, -0.2) is 49.9 Å². The molecule has 3 rings (SSSR count). The molecule has 1 unspecified atom stereocenters. The lowest BCUT2D eigenvalue weighted by Gasteiger charge is -2.14. The summed E-state index contributed by atoms with van der Waals surface area (Å²) in [5, 5.41) is 19.8. The summed E-state index contributed by atoms with van der Waals surface area (Å²) in [6.45, 7) is 3.18. The molecule has 33 heavy (non-hydrogen) atoms. The van der Waals surface area contributed by atoms with E-state index in [2.05, 4.69) is 32.5 Å². The van der Waals surface area contributed by atoms with E-state index >= 15 is 0 Å². The smallest absolute Gasteiger partial charge is 0.413 e. The molecule has 9 nitrogen and oxygen atoms in total. The number of carboxylic acid groups (broad SMARTS) is 1. The summed E-state index contributed by atoms with van der Waals surface area (Å²) in [6.07, 6.45) is 2.27. The Morgan fingerprint density at radius 3 is 2.76 bits per heavy atom. The zero-order valence-electron chi connectivity index (χ0n) is 19.0. The van der Waals surface area contributed by atoms with Gasteiger partial charge in [-0.05, 0) is 58.1 Å². The molecule has 0 saturated heterocycles. The van der Waals surface area contributed by atoms with E-state index in [1.807, 2.05) is 0 Å². The number of unbranched alkanes of at least 4 members (excludes halogenated alkanes) is 1. The van der Waals surface area contributed by atoms with Gasteiger partial charge in [0.25, 0.3) is 0 Å². The van der Waals surface area contributed by atoms with Gasteiger partial charge in [0.05, 0.1) is 24.5 Å². The van der Waals surface area contributed by atoms with E-state index in [0.29, 0.717) is 47.7 Å². The number of nitrogens with zero attached hydrogens (tertiary/aromatic N) is 4. The molecule has 0 bridgehead atoms. The van der Waals surface area contributed by atoms with Gasteiger partial charge in [-0.2, -0.15) is 0 Å². The molecule has 10 heteroatoms. The quantitative estimate of drug-likeness (QED) is 0.433. The number of aryl methyl sites for hydroxylation is 2. The first-order valence-corrected chi connectivity index (χ1v) is 10.9. The van der Waals surface area contributed by atoms with E-state index in [1.54, 1.807) is 33.0 Å². The summed E-state index contributed by atoms with van der Waals surface area (Å²) in [6, 6.07) is 3.53. The van der Waals surface area contributed by atoms with Crippen molar-refractivity contribution in [3.63, 3.8) is 0 Å². The van der Waals surface area contributed by atoms with Gasteiger partial charge in [-0.15, -0.1) is 5.10 Å². The molecule has 1 aliphatic carbocycles. The van der Waals surface area contributed by atoms with Gasteiger partial charge in [-0.3, -0.25) is 14.5 Å². The van der Waals surface area contributed by atoms with Crippen molar-refractivity contribution in [2.75, 3.05) is 12.0 Å². The Morgan fingerprint density at radius 1 is 1.36 bits per heavy atom. The zero-order valence-corrected chi connectivity index (χ0v) is 19.0. The molecule has 1 fully saturated rings. The van der Waals surface area contributed by atoms with Crippen molar-refractivity contribution in [1.29, 1.82) is 0 Å². The lowest BCUT2D eigenvalue weighted by atomic mass is 10.0. The summed E-state index contributed by atoms with van der Waals surface area (Å²) in [4.78, 5) is 27.9. The highest BCUT2D eigenvalue weighted by molar-refractivity contribution is 5.88. The van der Waals surface area contributed by atoms with Gasteiger partial charge in [-0.25, -0.2) is 14.5 Å². The number of anilines is 1. The van der Waals surface area contributed by atoms with Crippen LogP contribution < -0.4 is 5.32 Å². The minimum Gasteiger partial charge on any atom is -0.481 e. The summed E-state index contributed by atoms with van der Waals surface area (Å²) < 4.78 is 19.0. The molecule has 0 spiro atoms. The van der Waals surface area contributed by atoms with E-state index in [1.165, 1.54) is 4.68 Å². The van der Waals surface area contributed by atoms with Gasteiger partial charge < -0.3 is 9.84 Å². The van der Waals surface area contributed by atoms with Crippen LogP contribution in [0.15, 0.2) is 12.1 Å². The average molecular weight is 458 g/mol. The molecule has 176 valence electrons. The van der Waals surface area contributed by atoms with Crippen LogP contribution in [0.25, 0.3) is 11.4 Å². The van der Waals surface area contributed by atoms with Crippen LogP contribution in [0.2, 0.25) is 0 Å². The van der Waals surface area contributed by atoms with Crippen molar-refractivity contribution in [2.45, 2.75) is 58.5 Å². The number of nitrogens with one attached hydrogen (secondary N) is 1. The second-order valence-electron chi connectivity index (χ2n) is 8.37. The number of carboxylic acids is 1. The summed E-state index contributed by atoms with van der Waals surface area (Å²) in [5.41, 5.74) is 1.82. The van der Waals surface area contributed by atoms with E-state index in [0.717, 1.165) is 12.8 Å². The molecule has 2 aromatic heterocycles. The van der Waals surface area contributed by atoms with Crippen LogP contribution >= 0.6 is 0 Å². The number of hydrogen-bond donors (Lipinski definition) is 2. The van der Waals surface area contributed by atoms with Crippen LogP contribution in [-0.2, 0) is 16.6 Å². The molecule has 0 aliphatic heterocycles. The average Bonchev–Trinajstić information content (AvgIpc) is 3.41. The Hall–Kier alpha value is -3.48. The minimum atomic E-state index is -0.845. The molecule has 1 saturated carbocycles. The molecule has 0 radical (unpaired) electrons. The monoisotopic (exact) mass is 457 g/mol. The number of amides is 1. The van der Waals surface area contributed by atoms with E-state index in [-0.39, 0.29) is 19.2 Å². The third-order valence-electron chi connectivity index (χ3n) is 5.48. The number of aliphatic carboxylic acids is 1. The predicted molar refractivity (Wildman–Crippen MR) is 119 cm³/mol. The molecule has 2 heterocycles. The number of halogens is 1. The van der Waals surface area contributed by atoms with E-state index < -0.39 is 17.5 Å². The number of pyridine rings is 1. The fourth-order valence-corrected chi connectivity index (χ4v) is 3.38.